The average molecular weight is 226 g/mol. The normalized spacial score (nSPS) is 31.4. The zero-order valence-corrected chi connectivity index (χ0v) is 9.95. The molecule has 92 valence electrons. The predicted octanol–water partition coefficient (Wildman–Crippen LogP) is 0.798. The van der Waals surface area contributed by atoms with Gasteiger partial charge in [0.1, 0.15) is 6.10 Å². The topological polar surface area (TPSA) is 64.3 Å². The highest BCUT2D eigenvalue weighted by atomic mass is 16.5. The number of hydrogen-bond acceptors (Lipinski definition) is 3. The van der Waals surface area contributed by atoms with Crippen LogP contribution in [0.3, 0.4) is 0 Å². The summed E-state index contributed by atoms with van der Waals surface area (Å²) in [6, 6.07) is 0.410. The molecule has 2 aliphatic carbocycles. The van der Waals surface area contributed by atoms with Gasteiger partial charge in [-0.1, -0.05) is 6.42 Å². The van der Waals surface area contributed by atoms with Crippen molar-refractivity contribution in [3.8, 4) is 0 Å². The molecule has 0 bridgehead atoms. The maximum atomic E-state index is 11.7. The summed E-state index contributed by atoms with van der Waals surface area (Å²) in [4.78, 5) is 11.7. The van der Waals surface area contributed by atoms with Crippen LogP contribution >= 0.6 is 0 Å². The number of ether oxygens (including phenoxy) is 1. The molecule has 0 radical (unpaired) electrons. The van der Waals surface area contributed by atoms with Gasteiger partial charge in [0, 0.05) is 6.04 Å². The molecule has 4 nitrogen and oxygen atoms in total. The lowest BCUT2D eigenvalue weighted by Gasteiger charge is -2.22. The lowest BCUT2D eigenvalue weighted by molar-refractivity contribution is -0.136. The van der Waals surface area contributed by atoms with E-state index in [1.165, 1.54) is 6.42 Å². The number of carbonyl (C=O) groups excluding carboxylic acids is 1. The Kier molecular flexibility index (Phi) is 3.82. The molecular formula is C12H22N2O2. The molecular weight excluding hydrogens is 204 g/mol. The van der Waals surface area contributed by atoms with Crippen LogP contribution in [0.2, 0.25) is 0 Å². The highest BCUT2D eigenvalue weighted by molar-refractivity contribution is 5.80. The molecule has 3 unspecified atom stereocenters. The summed E-state index contributed by atoms with van der Waals surface area (Å²) >= 11 is 0. The summed E-state index contributed by atoms with van der Waals surface area (Å²) in [6.45, 7) is 2.51. The van der Waals surface area contributed by atoms with Gasteiger partial charge in [0.15, 0.2) is 0 Å². The fraction of sp³-hybridized carbons (Fsp3) is 0.917. The Balaban J connectivity index is 1.76. The van der Waals surface area contributed by atoms with Gasteiger partial charge >= 0.3 is 0 Å². The molecule has 3 N–H and O–H groups in total. The minimum atomic E-state index is -0.335. The van der Waals surface area contributed by atoms with Crippen LogP contribution in [-0.2, 0) is 9.53 Å². The summed E-state index contributed by atoms with van der Waals surface area (Å²) in [5.41, 5.74) is 5.69. The van der Waals surface area contributed by atoms with Crippen LogP contribution in [-0.4, -0.2) is 30.7 Å². The van der Waals surface area contributed by atoms with E-state index in [4.69, 9.17) is 10.5 Å². The fourth-order valence-electron chi connectivity index (χ4n) is 2.32. The monoisotopic (exact) mass is 226 g/mol. The summed E-state index contributed by atoms with van der Waals surface area (Å²) in [5, 5.41) is 2.97. The number of amides is 1. The average Bonchev–Trinajstić information content (AvgIpc) is 2.96. The van der Waals surface area contributed by atoms with Crippen molar-refractivity contribution in [3.63, 3.8) is 0 Å². The second kappa shape index (κ2) is 5.15. The smallest absolute Gasteiger partial charge is 0.249 e. The van der Waals surface area contributed by atoms with E-state index >= 15 is 0 Å². The largest absolute Gasteiger partial charge is 0.365 e. The summed E-state index contributed by atoms with van der Waals surface area (Å²) in [7, 11) is 0. The van der Waals surface area contributed by atoms with Crippen molar-refractivity contribution in [2.24, 2.45) is 11.7 Å². The first-order valence-electron chi connectivity index (χ1n) is 6.36. The van der Waals surface area contributed by atoms with Gasteiger partial charge in [-0.3, -0.25) is 4.79 Å². The lowest BCUT2D eigenvalue weighted by Crippen LogP contribution is -2.39. The Hall–Kier alpha value is -0.610. The number of nitrogens with two attached hydrogens (primary N) is 1. The van der Waals surface area contributed by atoms with E-state index in [0.29, 0.717) is 18.5 Å². The number of rotatable bonds is 5. The molecule has 0 aliphatic heterocycles. The van der Waals surface area contributed by atoms with Gasteiger partial charge in [-0.05, 0) is 45.1 Å². The highest BCUT2D eigenvalue weighted by Gasteiger charge is 2.31. The SMILES string of the molecule is CC(OC1CCCC1CN)C(=O)NC1CC1. The Morgan fingerprint density at radius 2 is 2.19 bits per heavy atom. The molecule has 1 amide bonds. The van der Waals surface area contributed by atoms with Crippen molar-refractivity contribution in [2.75, 3.05) is 6.54 Å². The second-order valence-corrected chi connectivity index (χ2v) is 5.03. The summed E-state index contributed by atoms with van der Waals surface area (Å²) < 4.78 is 5.81. The lowest BCUT2D eigenvalue weighted by atomic mass is 10.1. The number of hydrogen-bond donors (Lipinski definition) is 2. The second-order valence-electron chi connectivity index (χ2n) is 5.03. The van der Waals surface area contributed by atoms with Crippen molar-refractivity contribution in [3.05, 3.63) is 0 Å². The molecule has 0 heterocycles. The minimum absolute atomic E-state index is 0.0326. The zero-order valence-electron chi connectivity index (χ0n) is 9.95. The summed E-state index contributed by atoms with van der Waals surface area (Å²) in [5.74, 6) is 0.473. The molecule has 16 heavy (non-hydrogen) atoms. The maximum Gasteiger partial charge on any atom is 0.249 e. The van der Waals surface area contributed by atoms with E-state index in [1.807, 2.05) is 6.92 Å². The van der Waals surface area contributed by atoms with E-state index in [9.17, 15) is 4.79 Å². The van der Waals surface area contributed by atoms with E-state index in [0.717, 1.165) is 25.7 Å². The Morgan fingerprint density at radius 3 is 2.81 bits per heavy atom. The van der Waals surface area contributed by atoms with Gasteiger partial charge in [0.2, 0.25) is 5.91 Å². The first kappa shape index (κ1) is 11.9. The summed E-state index contributed by atoms with van der Waals surface area (Å²) in [6.07, 6.45) is 5.44. The Morgan fingerprint density at radius 1 is 1.44 bits per heavy atom. The molecule has 0 aromatic rings. The first-order valence-corrected chi connectivity index (χ1v) is 6.36. The molecule has 0 aromatic heterocycles. The minimum Gasteiger partial charge on any atom is -0.365 e. The van der Waals surface area contributed by atoms with Gasteiger partial charge < -0.3 is 15.8 Å². The van der Waals surface area contributed by atoms with Crippen molar-refractivity contribution in [1.29, 1.82) is 0 Å². The van der Waals surface area contributed by atoms with E-state index in [1.54, 1.807) is 0 Å². The van der Waals surface area contributed by atoms with Crippen LogP contribution in [0.15, 0.2) is 0 Å². The van der Waals surface area contributed by atoms with Crippen LogP contribution in [0.1, 0.15) is 39.0 Å². The van der Waals surface area contributed by atoms with Crippen molar-refractivity contribution < 1.29 is 9.53 Å². The third kappa shape index (κ3) is 2.95. The van der Waals surface area contributed by atoms with Crippen LogP contribution in [0.5, 0.6) is 0 Å². The van der Waals surface area contributed by atoms with E-state index < -0.39 is 0 Å². The van der Waals surface area contributed by atoms with E-state index in [2.05, 4.69) is 5.32 Å². The van der Waals surface area contributed by atoms with Crippen molar-refractivity contribution in [1.82, 2.24) is 5.32 Å². The molecule has 2 rings (SSSR count). The molecule has 0 aromatic carbocycles. The van der Waals surface area contributed by atoms with Gasteiger partial charge in [0.25, 0.3) is 0 Å². The van der Waals surface area contributed by atoms with Crippen LogP contribution in [0, 0.1) is 5.92 Å². The van der Waals surface area contributed by atoms with Gasteiger partial charge in [0.05, 0.1) is 6.10 Å². The highest BCUT2D eigenvalue weighted by Crippen LogP contribution is 2.28. The molecule has 2 saturated carbocycles. The molecule has 4 heteroatoms. The molecule has 2 aliphatic rings. The fourth-order valence-corrected chi connectivity index (χ4v) is 2.32. The zero-order chi connectivity index (χ0) is 11.5. The number of nitrogens with one attached hydrogen (secondary N) is 1. The van der Waals surface area contributed by atoms with Gasteiger partial charge in [-0.25, -0.2) is 0 Å². The maximum absolute atomic E-state index is 11.7. The Bertz CT molecular complexity index is 253. The molecule has 2 fully saturated rings. The quantitative estimate of drug-likeness (QED) is 0.728. The van der Waals surface area contributed by atoms with Gasteiger partial charge in [-0.2, -0.15) is 0 Å². The molecule has 3 atom stereocenters. The first-order chi connectivity index (χ1) is 7.70. The molecule has 0 spiro atoms. The third-order valence-corrected chi connectivity index (χ3v) is 3.56. The predicted molar refractivity (Wildman–Crippen MR) is 61.9 cm³/mol. The standard InChI is InChI=1S/C12H22N2O2/c1-8(12(15)14-10-5-6-10)16-11-4-2-3-9(11)7-13/h8-11H,2-7,13H2,1H3,(H,14,15). The van der Waals surface area contributed by atoms with Crippen LogP contribution < -0.4 is 11.1 Å². The third-order valence-electron chi connectivity index (χ3n) is 3.56. The van der Waals surface area contributed by atoms with Crippen LogP contribution in [0.25, 0.3) is 0 Å². The van der Waals surface area contributed by atoms with Gasteiger partial charge in [-0.15, -0.1) is 0 Å². The molecule has 0 saturated heterocycles. The number of carbonyl (C=O) groups is 1. The Labute approximate surface area is 96.9 Å². The van der Waals surface area contributed by atoms with E-state index in [-0.39, 0.29) is 18.1 Å². The van der Waals surface area contributed by atoms with Crippen molar-refractivity contribution in [2.45, 2.75) is 57.3 Å². The van der Waals surface area contributed by atoms with Crippen molar-refractivity contribution >= 4 is 5.91 Å². The van der Waals surface area contributed by atoms with Crippen LogP contribution in [0.4, 0.5) is 0 Å².